The Kier molecular flexibility index (Phi) is 3.73. The quantitative estimate of drug-likeness (QED) is 0.778. The molecule has 3 aromatic rings. The minimum Gasteiger partial charge on any atom is -0.497 e. The van der Waals surface area contributed by atoms with Gasteiger partial charge >= 0.3 is 0 Å². The molecule has 106 valence electrons. The molecule has 0 atom stereocenters. The highest BCUT2D eigenvalue weighted by molar-refractivity contribution is 5.84. The summed E-state index contributed by atoms with van der Waals surface area (Å²) in [4.78, 5) is 4.15. The summed E-state index contributed by atoms with van der Waals surface area (Å²) in [5.74, 6) is 0.888. The van der Waals surface area contributed by atoms with Crippen LogP contribution in [-0.4, -0.2) is 12.1 Å². The van der Waals surface area contributed by atoms with E-state index in [0.29, 0.717) is 0 Å². The van der Waals surface area contributed by atoms with Gasteiger partial charge in [0.25, 0.3) is 0 Å². The number of fused-ring (bicyclic) bond motifs is 1. The first-order valence-corrected chi connectivity index (χ1v) is 6.97. The molecule has 1 aromatic heterocycles. The monoisotopic (exact) mass is 278 g/mol. The Morgan fingerprint density at radius 1 is 1.05 bits per heavy atom. The van der Waals surface area contributed by atoms with Gasteiger partial charge in [-0.2, -0.15) is 0 Å². The second-order valence-corrected chi connectivity index (χ2v) is 5.09. The molecule has 0 bridgehead atoms. The maximum atomic E-state index is 5.25. The maximum absolute atomic E-state index is 5.25. The Hall–Kier alpha value is -2.55. The van der Waals surface area contributed by atoms with E-state index in [1.807, 2.05) is 24.5 Å². The summed E-state index contributed by atoms with van der Waals surface area (Å²) in [6.07, 6.45) is 3.67. The largest absolute Gasteiger partial charge is 0.497 e. The standard InChI is InChI=1S/C18H18N2O/c1-13-7-8-19-12-18(13)20-11-14-3-4-16-10-17(21-2)6-5-15(16)9-14/h3-10,12,20H,11H2,1-2H3. The van der Waals surface area contributed by atoms with Gasteiger partial charge in [-0.1, -0.05) is 18.2 Å². The molecule has 0 aliphatic rings. The molecule has 1 heterocycles. The molecule has 3 nitrogen and oxygen atoms in total. The van der Waals surface area contributed by atoms with Gasteiger partial charge in [-0.25, -0.2) is 0 Å². The van der Waals surface area contributed by atoms with Gasteiger partial charge in [0.05, 0.1) is 19.0 Å². The van der Waals surface area contributed by atoms with Crippen molar-refractivity contribution in [2.24, 2.45) is 0 Å². The molecular formula is C18H18N2O. The van der Waals surface area contributed by atoms with E-state index >= 15 is 0 Å². The van der Waals surface area contributed by atoms with Gasteiger partial charge in [-0.05, 0) is 53.1 Å². The summed E-state index contributed by atoms with van der Waals surface area (Å²) in [6.45, 7) is 2.87. The average Bonchev–Trinajstić information content (AvgIpc) is 2.53. The van der Waals surface area contributed by atoms with E-state index in [2.05, 4.69) is 47.6 Å². The number of nitrogens with zero attached hydrogens (tertiary/aromatic N) is 1. The summed E-state index contributed by atoms with van der Waals surface area (Å²) in [5.41, 5.74) is 3.53. The first-order chi connectivity index (χ1) is 10.3. The summed E-state index contributed by atoms with van der Waals surface area (Å²) in [5, 5.41) is 5.84. The second-order valence-electron chi connectivity index (χ2n) is 5.09. The van der Waals surface area contributed by atoms with Crippen LogP contribution >= 0.6 is 0 Å². The summed E-state index contributed by atoms with van der Waals surface area (Å²) in [6, 6.07) is 14.6. The lowest BCUT2D eigenvalue weighted by Crippen LogP contribution is -2.01. The predicted octanol–water partition coefficient (Wildman–Crippen LogP) is 4.16. The predicted molar refractivity (Wildman–Crippen MR) is 86.8 cm³/mol. The highest BCUT2D eigenvalue weighted by atomic mass is 16.5. The van der Waals surface area contributed by atoms with Crippen LogP contribution in [-0.2, 0) is 6.54 Å². The van der Waals surface area contributed by atoms with Crippen molar-refractivity contribution in [3.05, 3.63) is 66.0 Å². The molecule has 3 heteroatoms. The molecule has 3 rings (SSSR count). The van der Waals surface area contributed by atoms with Crippen LogP contribution in [0.2, 0.25) is 0 Å². The third kappa shape index (κ3) is 2.97. The number of anilines is 1. The SMILES string of the molecule is COc1ccc2cc(CNc3cnccc3C)ccc2c1. The van der Waals surface area contributed by atoms with Gasteiger partial charge < -0.3 is 10.1 Å². The molecule has 0 saturated carbocycles. The highest BCUT2D eigenvalue weighted by Gasteiger charge is 2.01. The molecule has 0 radical (unpaired) electrons. The Morgan fingerprint density at radius 3 is 2.67 bits per heavy atom. The molecule has 0 unspecified atom stereocenters. The zero-order valence-electron chi connectivity index (χ0n) is 12.3. The number of methoxy groups -OCH3 is 1. The number of hydrogen-bond acceptors (Lipinski definition) is 3. The van der Waals surface area contributed by atoms with Gasteiger partial charge in [-0.3, -0.25) is 4.98 Å². The molecule has 0 aliphatic heterocycles. The molecule has 0 aliphatic carbocycles. The Balaban J connectivity index is 1.80. The second kappa shape index (κ2) is 5.83. The normalized spacial score (nSPS) is 10.6. The number of aromatic nitrogens is 1. The van der Waals surface area contributed by atoms with E-state index in [-0.39, 0.29) is 0 Å². The van der Waals surface area contributed by atoms with E-state index in [4.69, 9.17) is 4.74 Å². The number of pyridine rings is 1. The van der Waals surface area contributed by atoms with Gasteiger partial charge in [0.2, 0.25) is 0 Å². The number of ether oxygens (including phenoxy) is 1. The van der Waals surface area contributed by atoms with Crippen LogP contribution in [0.25, 0.3) is 10.8 Å². The van der Waals surface area contributed by atoms with Crippen LogP contribution in [0.15, 0.2) is 54.9 Å². The fraction of sp³-hybridized carbons (Fsp3) is 0.167. The van der Waals surface area contributed by atoms with Crippen molar-refractivity contribution in [1.82, 2.24) is 4.98 Å². The molecule has 0 spiro atoms. The third-order valence-corrected chi connectivity index (χ3v) is 3.63. The summed E-state index contributed by atoms with van der Waals surface area (Å²) < 4.78 is 5.25. The topological polar surface area (TPSA) is 34.1 Å². The van der Waals surface area contributed by atoms with E-state index in [1.165, 1.54) is 21.9 Å². The Bertz CT molecular complexity index is 768. The van der Waals surface area contributed by atoms with Crippen LogP contribution in [0.3, 0.4) is 0 Å². The van der Waals surface area contributed by atoms with Gasteiger partial charge in [0, 0.05) is 12.7 Å². The van der Waals surface area contributed by atoms with Crippen molar-refractivity contribution >= 4 is 16.5 Å². The number of benzene rings is 2. The minimum atomic E-state index is 0.786. The smallest absolute Gasteiger partial charge is 0.119 e. The zero-order chi connectivity index (χ0) is 14.7. The van der Waals surface area contributed by atoms with Crippen molar-refractivity contribution in [2.45, 2.75) is 13.5 Å². The molecule has 2 aromatic carbocycles. The Labute approximate surface area is 124 Å². The van der Waals surface area contributed by atoms with Crippen LogP contribution in [0.5, 0.6) is 5.75 Å². The number of hydrogen-bond donors (Lipinski definition) is 1. The number of nitrogens with one attached hydrogen (secondary N) is 1. The number of aryl methyl sites for hydroxylation is 1. The van der Waals surface area contributed by atoms with Crippen molar-refractivity contribution in [1.29, 1.82) is 0 Å². The molecule has 0 fully saturated rings. The van der Waals surface area contributed by atoms with Gasteiger partial charge in [0.1, 0.15) is 5.75 Å². The van der Waals surface area contributed by atoms with Crippen molar-refractivity contribution in [3.63, 3.8) is 0 Å². The van der Waals surface area contributed by atoms with Crippen LogP contribution in [0.1, 0.15) is 11.1 Å². The lowest BCUT2D eigenvalue weighted by Gasteiger charge is -2.10. The van der Waals surface area contributed by atoms with E-state index < -0.39 is 0 Å². The van der Waals surface area contributed by atoms with Crippen molar-refractivity contribution < 1.29 is 4.74 Å². The van der Waals surface area contributed by atoms with E-state index in [0.717, 1.165) is 18.0 Å². The molecule has 21 heavy (non-hydrogen) atoms. The fourth-order valence-electron chi connectivity index (χ4n) is 2.36. The molecule has 1 N–H and O–H groups in total. The first-order valence-electron chi connectivity index (χ1n) is 6.97. The Morgan fingerprint density at radius 2 is 1.86 bits per heavy atom. The summed E-state index contributed by atoms with van der Waals surface area (Å²) >= 11 is 0. The lowest BCUT2D eigenvalue weighted by molar-refractivity contribution is 0.415. The summed E-state index contributed by atoms with van der Waals surface area (Å²) in [7, 11) is 1.69. The van der Waals surface area contributed by atoms with E-state index in [1.54, 1.807) is 7.11 Å². The van der Waals surface area contributed by atoms with Crippen LogP contribution in [0.4, 0.5) is 5.69 Å². The van der Waals surface area contributed by atoms with Crippen LogP contribution in [0, 0.1) is 6.92 Å². The van der Waals surface area contributed by atoms with Crippen LogP contribution < -0.4 is 10.1 Å². The van der Waals surface area contributed by atoms with E-state index in [9.17, 15) is 0 Å². The third-order valence-electron chi connectivity index (χ3n) is 3.63. The average molecular weight is 278 g/mol. The van der Waals surface area contributed by atoms with Crippen molar-refractivity contribution in [2.75, 3.05) is 12.4 Å². The van der Waals surface area contributed by atoms with Gasteiger partial charge in [-0.15, -0.1) is 0 Å². The highest BCUT2D eigenvalue weighted by Crippen LogP contribution is 2.22. The van der Waals surface area contributed by atoms with Crippen molar-refractivity contribution in [3.8, 4) is 5.75 Å². The lowest BCUT2D eigenvalue weighted by atomic mass is 10.1. The maximum Gasteiger partial charge on any atom is 0.119 e. The minimum absolute atomic E-state index is 0.786. The first kappa shape index (κ1) is 13.4. The fourth-order valence-corrected chi connectivity index (χ4v) is 2.36. The molecule has 0 amide bonds. The molecular weight excluding hydrogens is 260 g/mol. The molecule has 0 saturated heterocycles. The van der Waals surface area contributed by atoms with Gasteiger partial charge in [0.15, 0.2) is 0 Å². The number of rotatable bonds is 4. The zero-order valence-corrected chi connectivity index (χ0v) is 12.3.